The molecule has 82 valence electrons. The van der Waals surface area contributed by atoms with Crippen molar-refractivity contribution in [1.29, 1.82) is 0 Å². The number of nitrogens with one attached hydrogen (secondary N) is 1. The van der Waals surface area contributed by atoms with E-state index in [1.54, 1.807) is 16.3 Å². The van der Waals surface area contributed by atoms with E-state index in [1.165, 1.54) is 0 Å². The van der Waals surface area contributed by atoms with Gasteiger partial charge >= 0.3 is 5.69 Å². The summed E-state index contributed by atoms with van der Waals surface area (Å²) in [5, 5.41) is 7.26. The summed E-state index contributed by atoms with van der Waals surface area (Å²) in [6.07, 6.45) is 6.05. The van der Waals surface area contributed by atoms with Gasteiger partial charge in [-0.05, 0) is 12.8 Å². The van der Waals surface area contributed by atoms with Crippen LogP contribution in [0, 0.1) is 0 Å². The van der Waals surface area contributed by atoms with Crippen LogP contribution >= 0.6 is 23.4 Å². The van der Waals surface area contributed by atoms with E-state index in [1.807, 2.05) is 12.2 Å². The van der Waals surface area contributed by atoms with Gasteiger partial charge in [-0.2, -0.15) is 0 Å². The molecule has 0 aliphatic heterocycles. The van der Waals surface area contributed by atoms with Crippen molar-refractivity contribution in [3.63, 3.8) is 0 Å². The molecule has 1 aliphatic carbocycles. The molecule has 0 atom stereocenters. The van der Waals surface area contributed by atoms with Gasteiger partial charge < -0.3 is 0 Å². The molecule has 0 bridgehead atoms. The molecule has 1 aliphatic rings. The smallest absolute Gasteiger partial charge is 0.267 e. The average Bonchev–Trinajstić information content (AvgIpc) is 2.99. The molecule has 2 rings (SSSR count). The number of hydrogen-bond donors (Lipinski definition) is 1. The molecule has 1 aromatic heterocycles. The molecule has 15 heavy (non-hydrogen) atoms. The zero-order chi connectivity index (χ0) is 10.7. The van der Waals surface area contributed by atoms with Crippen LogP contribution in [0.4, 0.5) is 0 Å². The van der Waals surface area contributed by atoms with Gasteiger partial charge in [-0.1, -0.05) is 23.9 Å². The van der Waals surface area contributed by atoms with Crippen LogP contribution in [0.25, 0.3) is 0 Å². The summed E-state index contributed by atoms with van der Waals surface area (Å²) in [5.41, 5.74) is -0.0960. The fraction of sp³-hybridized carbons (Fsp3) is 0.556. The Morgan fingerprint density at radius 2 is 2.40 bits per heavy atom. The van der Waals surface area contributed by atoms with Gasteiger partial charge in [-0.25, -0.2) is 9.89 Å². The molecule has 0 amide bonds. The first-order chi connectivity index (χ1) is 7.33. The van der Waals surface area contributed by atoms with Crippen LogP contribution in [-0.4, -0.2) is 26.4 Å². The van der Waals surface area contributed by atoms with Crippen LogP contribution in [-0.2, 0) is 0 Å². The summed E-state index contributed by atoms with van der Waals surface area (Å²) in [6.45, 7) is 0. The maximum absolute atomic E-state index is 11.4. The number of nitrogens with zero attached hydrogens (tertiary/aromatic N) is 2. The first-order valence-electron chi connectivity index (χ1n) is 4.83. The number of thioether (sulfide) groups is 1. The Kier molecular flexibility index (Phi) is 3.53. The highest BCUT2D eigenvalue weighted by molar-refractivity contribution is 7.99. The van der Waals surface area contributed by atoms with Crippen molar-refractivity contribution in [3.05, 3.63) is 22.6 Å². The van der Waals surface area contributed by atoms with Crippen molar-refractivity contribution in [2.24, 2.45) is 0 Å². The summed E-state index contributed by atoms with van der Waals surface area (Å²) in [4.78, 5) is 11.4. The first-order valence-corrected chi connectivity index (χ1v) is 6.35. The van der Waals surface area contributed by atoms with Gasteiger partial charge in [-0.3, -0.25) is 4.57 Å². The van der Waals surface area contributed by atoms with E-state index in [0.717, 1.165) is 23.8 Å². The van der Waals surface area contributed by atoms with Crippen LogP contribution in [0.1, 0.15) is 18.9 Å². The summed E-state index contributed by atoms with van der Waals surface area (Å²) >= 11 is 7.06. The number of rotatable bonds is 5. The Labute approximate surface area is 96.7 Å². The highest BCUT2D eigenvalue weighted by atomic mass is 35.5. The predicted molar refractivity (Wildman–Crippen MR) is 61.7 cm³/mol. The lowest BCUT2D eigenvalue weighted by Gasteiger charge is -2.00. The molecule has 1 fully saturated rings. The summed E-state index contributed by atoms with van der Waals surface area (Å²) in [5.74, 6) is 1.32. The summed E-state index contributed by atoms with van der Waals surface area (Å²) in [6, 6.07) is 0.371. The third-order valence-electron chi connectivity index (χ3n) is 2.15. The minimum Gasteiger partial charge on any atom is -0.267 e. The molecule has 0 spiro atoms. The third kappa shape index (κ3) is 2.66. The van der Waals surface area contributed by atoms with Crippen LogP contribution in [0.5, 0.6) is 0 Å². The maximum Gasteiger partial charge on any atom is 0.344 e. The minimum atomic E-state index is -0.0960. The predicted octanol–water partition coefficient (Wildman–Crippen LogP) is 1.79. The lowest BCUT2D eigenvalue weighted by Crippen LogP contribution is -2.16. The second kappa shape index (κ2) is 4.90. The SMILES string of the molecule is O=c1[nH]nc(SCC=CCCl)n1C1CC1. The van der Waals surface area contributed by atoms with Gasteiger partial charge in [0, 0.05) is 17.7 Å². The van der Waals surface area contributed by atoms with Gasteiger partial charge in [0.1, 0.15) is 0 Å². The van der Waals surface area contributed by atoms with Crippen molar-refractivity contribution in [1.82, 2.24) is 14.8 Å². The minimum absolute atomic E-state index is 0.0960. The Hall–Kier alpha value is -0.680. The number of halogens is 1. The summed E-state index contributed by atoms with van der Waals surface area (Å²) in [7, 11) is 0. The average molecular weight is 246 g/mol. The van der Waals surface area contributed by atoms with E-state index >= 15 is 0 Å². The largest absolute Gasteiger partial charge is 0.344 e. The van der Waals surface area contributed by atoms with Crippen molar-refractivity contribution in [2.75, 3.05) is 11.6 Å². The van der Waals surface area contributed by atoms with E-state index in [2.05, 4.69) is 10.2 Å². The molecule has 4 nitrogen and oxygen atoms in total. The van der Waals surface area contributed by atoms with E-state index in [9.17, 15) is 4.79 Å². The highest BCUT2D eigenvalue weighted by Gasteiger charge is 2.28. The van der Waals surface area contributed by atoms with Gasteiger partial charge in [-0.15, -0.1) is 16.7 Å². The van der Waals surface area contributed by atoms with E-state index < -0.39 is 0 Å². The Balaban J connectivity index is 2.01. The lowest BCUT2D eigenvalue weighted by molar-refractivity contribution is 0.643. The molecule has 0 aromatic carbocycles. The zero-order valence-electron chi connectivity index (χ0n) is 8.15. The fourth-order valence-corrected chi connectivity index (χ4v) is 2.29. The van der Waals surface area contributed by atoms with Crippen LogP contribution in [0.15, 0.2) is 22.1 Å². The topological polar surface area (TPSA) is 50.7 Å². The van der Waals surface area contributed by atoms with Crippen LogP contribution < -0.4 is 5.69 Å². The first kappa shape index (κ1) is 10.8. The lowest BCUT2D eigenvalue weighted by atomic mass is 10.6. The molecule has 0 radical (unpaired) electrons. The van der Waals surface area contributed by atoms with E-state index in [4.69, 9.17) is 11.6 Å². The number of aromatic nitrogens is 3. The number of aromatic amines is 1. The number of alkyl halides is 1. The third-order valence-corrected chi connectivity index (χ3v) is 3.23. The molecule has 1 N–H and O–H groups in total. The fourth-order valence-electron chi connectivity index (χ4n) is 1.30. The molecule has 0 saturated heterocycles. The Bertz CT molecular complexity index is 408. The number of allylic oxidation sites excluding steroid dienone is 1. The zero-order valence-corrected chi connectivity index (χ0v) is 9.72. The van der Waals surface area contributed by atoms with Gasteiger partial charge in [0.05, 0.1) is 0 Å². The van der Waals surface area contributed by atoms with Crippen LogP contribution in [0.3, 0.4) is 0 Å². The van der Waals surface area contributed by atoms with Gasteiger partial charge in [0.2, 0.25) is 0 Å². The Morgan fingerprint density at radius 1 is 1.60 bits per heavy atom. The molecular formula is C9H12ClN3OS. The van der Waals surface area contributed by atoms with Crippen molar-refractivity contribution in [3.8, 4) is 0 Å². The molecule has 1 aromatic rings. The molecule has 0 unspecified atom stereocenters. The number of H-pyrrole nitrogens is 1. The van der Waals surface area contributed by atoms with Crippen molar-refractivity contribution in [2.45, 2.75) is 24.0 Å². The van der Waals surface area contributed by atoms with Gasteiger partial charge in [0.15, 0.2) is 5.16 Å². The molecule has 6 heteroatoms. The van der Waals surface area contributed by atoms with Crippen LogP contribution in [0.2, 0.25) is 0 Å². The monoisotopic (exact) mass is 245 g/mol. The van der Waals surface area contributed by atoms with Gasteiger partial charge in [0.25, 0.3) is 0 Å². The number of hydrogen-bond acceptors (Lipinski definition) is 3. The second-order valence-electron chi connectivity index (χ2n) is 3.35. The molecular weight excluding hydrogens is 234 g/mol. The highest BCUT2D eigenvalue weighted by Crippen LogP contribution is 2.35. The van der Waals surface area contributed by atoms with E-state index in [0.29, 0.717) is 11.9 Å². The molecule has 1 saturated carbocycles. The Morgan fingerprint density at radius 3 is 3.07 bits per heavy atom. The normalized spacial score (nSPS) is 16.3. The summed E-state index contributed by atoms with van der Waals surface area (Å²) < 4.78 is 1.75. The van der Waals surface area contributed by atoms with E-state index in [-0.39, 0.29) is 5.69 Å². The standard InChI is InChI=1S/C9H12ClN3OS/c10-5-1-2-6-15-9-12-11-8(14)13(9)7-3-4-7/h1-2,7H,3-6H2,(H,11,14). The van der Waals surface area contributed by atoms with Crippen molar-refractivity contribution < 1.29 is 0 Å². The quantitative estimate of drug-likeness (QED) is 0.489. The maximum atomic E-state index is 11.4. The van der Waals surface area contributed by atoms with Crippen molar-refractivity contribution >= 4 is 23.4 Å². The molecule has 1 heterocycles. The second-order valence-corrected chi connectivity index (χ2v) is 4.64.